The molecule has 0 aromatic carbocycles. The van der Waals surface area contributed by atoms with Crippen molar-refractivity contribution in [1.82, 2.24) is 5.32 Å². The molecule has 1 unspecified atom stereocenters. The Morgan fingerprint density at radius 2 is 2.17 bits per heavy atom. The van der Waals surface area contributed by atoms with Crippen LogP contribution in [0.5, 0.6) is 0 Å². The standard InChI is InChI=1S/C10H17NS/c1-4-9(11-5-2)10-7-6-8(3)12-10/h6-7,9,11H,4-5H2,1-3H3. The first kappa shape index (κ1) is 9.75. The Bertz CT molecular complexity index is 229. The van der Waals surface area contributed by atoms with Crippen molar-refractivity contribution in [1.29, 1.82) is 0 Å². The van der Waals surface area contributed by atoms with Crippen molar-refractivity contribution in [2.75, 3.05) is 6.54 Å². The predicted molar refractivity (Wildman–Crippen MR) is 55.8 cm³/mol. The maximum Gasteiger partial charge on any atom is 0.0412 e. The zero-order chi connectivity index (χ0) is 8.97. The normalized spacial score (nSPS) is 13.2. The summed E-state index contributed by atoms with van der Waals surface area (Å²) in [4.78, 5) is 2.87. The summed E-state index contributed by atoms with van der Waals surface area (Å²) in [6.07, 6.45) is 1.17. The molecule has 0 saturated heterocycles. The molecule has 0 fully saturated rings. The van der Waals surface area contributed by atoms with Crippen molar-refractivity contribution < 1.29 is 0 Å². The van der Waals surface area contributed by atoms with Gasteiger partial charge in [0.25, 0.3) is 0 Å². The summed E-state index contributed by atoms with van der Waals surface area (Å²) < 4.78 is 0. The number of aryl methyl sites for hydroxylation is 1. The van der Waals surface area contributed by atoms with Crippen LogP contribution in [0.3, 0.4) is 0 Å². The maximum absolute atomic E-state index is 3.47. The van der Waals surface area contributed by atoms with Crippen LogP contribution in [-0.2, 0) is 0 Å². The molecule has 68 valence electrons. The molecule has 0 spiro atoms. The minimum absolute atomic E-state index is 0.564. The van der Waals surface area contributed by atoms with E-state index in [9.17, 15) is 0 Å². The van der Waals surface area contributed by atoms with Crippen molar-refractivity contribution in [2.24, 2.45) is 0 Å². The van der Waals surface area contributed by atoms with Crippen LogP contribution < -0.4 is 5.32 Å². The number of nitrogens with one attached hydrogen (secondary N) is 1. The average Bonchev–Trinajstić information content (AvgIpc) is 2.47. The van der Waals surface area contributed by atoms with Gasteiger partial charge in [-0.2, -0.15) is 0 Å². The van der Waals surface area contributed by atoms with Gasteiger partial charge in [0, 0.05) is 15.8 Å². The van der Waals surface area contributed by atoms with Gasteiger partial charge in [-0.3, -0.25) is 0 Å². The van der Waals surface area contributed by atoms with E-state index in [1.165, 1.54) is 16.2 Å². The van der Waals surface area contributed by atoms with Gasteiger partial charge in [0.15, 0.2) is 0 Å². The molecule has 0 aliphatic carbocycles. The lowest BCUT2D eigenvalue weighted by Gasteiger charge is -2.13. The van der Waals surface area contributed by atoms with Crippen LogP contribution in [0.4, 0.5) is 0 Å². The van der Waals surface area contributed by atoms with Gasteiger partial charge in [-0.05, 0) is 32.0 Å². The Morgan fingerprint density at radius 3 is 2.58 bits per heavy atom. The van der Waals surface area contributed by atoms with E-state index in [1.54, 1.807) is 0 Å². The summed E-state index contributed by atoms with van der Waals surface area (Å²) in [5, 5.41) is 3.47. The van der Waals surface area contributed by atoms with Crippen LogP contribution in [0.2, 0.25) is 0 Å². The van der Waals surface area contributed by atoms with Crippen molar-refractivity contribution in [3.63, 3.8) is 0 Å². The minimum atomic E-state index is 0.564. The van der Waals surface area contributed by atoms with Gasteiger partial charge in [-0.15, -0.1) is 11.3 Å². The van der Waals surface area contributed by atoms with E-state index in [2.05, 4.69) is 38.2 Å². The lowest BCUT2D eigenvalue weighted by atomic mass is 10.2. The van der Waals surface area contributed by atoms with Crippen LogP contribution in [0, 0.1) is 6.92 Å². The Kier molecular flexibility index (Phi) is 3.76. The zero-order valence-electron chi connectivity index (χ0n) is 8.05. The third kappa shape index (κ3) is 2.32. The van der Waals surface area contributed by atoms with E-state index in [1.807, 2.05) is 11.3 Å². The predicted octanol–water partition coefficient (Wildman–Crippen LogP) is 3.12. The maximum atomic E-state index is 3.47. The number of hydrogen-bond donors (Lipinski definition) is 1. The molecule has 0 saturated carbocycles. The van der Waals surface area contributed by atoms with Crippen molar-refractivity contribution in [2.45, 2.75) is 33.2 Å². The summed E-state index contributed by atoms with van der Waals surface area (Å²) in [5.41, 5.74) is 0. The van der Waals surface area contributed by atoms with Gasteiger partial charge in [0.1, 0.15) is 0 Å². The Balaban J connectivity index is 2.66. The third-order valence-corrected chi connectivity index (χ3v) is 3.08. The van der Waals surface area contributed by atoms with Crippen LogP contribution in [0.15, 0.2) is 12.1 Å². The molecule has 2 heteroatoms. The summed E-state index contributed by atoms with van der Waals surface area (Å²) >= 11 is 1.90. The summed E-state index contributed by atoms with van der Waals surface area (Å²) in [7, 11) is 0. The second kappa shape index (κ2) is 4.63. The van der Waals surface area contributed by atoms with Gasteiger partial charge >= 0.3 is 0 Å². The van der Waals surface area contributed by atoms with Crippen LogP contribution in [-0.4, -0.2) is 6.54 Å². The van der Waals surface area contributed by atoms with Crippen molar-refractivity contribution in [3.8, 4) is 0 Å². The molecule has 12 heavy (non-hydrogen) atoms. The van der Waals surface area contributed by atoms with Crippen LogP contribution in [0.1, 0.15) is 36.1 Å². The van der Waals surface area contributed by atoms with Gasteiger partial charge in [-0.1, -0.05) is 13.8 Å². The lowest BCUT2D eigenvalue weighted by Crippen LogP contribution is -2.18. The molecule has 1 aromatic heterocycles. The molecule has 1 nitrogen and oxygen atoms in total. The van der Waals surface area contributed by atoms with E-state index in [0.717, 1.165) is 6.54 Å². The molecular formula is C10H17NS. The van der Waals surface area contributed by atoms with Gasteiger partial charge < -0.3 is 5.32 Å². The molecular weight excluding hydrogens is 166 g/mol. The molecule has 0 radical (unpaired) electrons. The van der Waals surface area contributed by atoms with E-state index in [4.69, 9.17) is 0 Å². The summed E-state index contributed by atoms with van der Waals surface area (Å²) in [6, 6.07) is 4.99. The highest BCUT2D eigenvalue weighted by Gasteiger charge is 2.08. The number of thiophene rings is 1. The first-order valence-electron chi connectivity index (χ1n) is 4.57. The molecule has 0 amide bonds. The Hall–Kier alpha value is -0.340. The zero-order valence-corrected chi connectivity index (χ0v) is 8.87. The topological polar surface area (TPSA) is 12.0 Å². The fourth-order valence-corrected chi connectivity index (χ4v) is 2.37. The lowest BCUT2D eigenvalue weighted by molar-refractivity contribution is 0.545. The molecule has 1 aromatic rings. The average molecular weight is 183 g/mol. The van der Waals surface area contributed by atoms with Gasteiger partial charge in [0.05, 0.1) is 0 Å². The van der Waals surface area contributed by atoms with Crippen molar-refractivity contribution in [3.05, 3.63) is 21.9 Å². The third-order valence-electron chi connectivity index (χ3n) is 1.96. The molecule has 1 heterocycles. The monoisotopic (exact) mass is 183 g/mol. The van der Waals surface area contributed by atoms with E-state index in [0.29, 0.717) is 6.04 Å². The molecule has 0 aliphatic heterocycles. The summed E-state index contributed by atoms with van der Waals surface area (Å²) in [6.45, 7) is 7.59. The van der Waals surface area contributed by atoms with Crippen LogP contribution >= 0.6 is 11.3 Å². The van der Waals surface area contributed by atoms with Crippen molar-refractivity contribution >= 4 is 11.3 Å². The fraction of sp³-hybridized carbons (Fsp3) is 0.600. The molecule has 1 N–H and O–H groups in total. The highest BCUT2D eigenvalue weighted by Crippen LogP contribution is 2.24. The van der Waals surface area contributed by atoms with E-state index in [-0.39, 0.29) is 0 Å². The first-order valence-corrected chi connectivity index (χ1v) is 5.39. The molecule has 0 aliphatic rings. The smallest absolute Gasteiger partial charge is 0.0412 e. The largest absolute Gasteiger partial charge is 0.310 e. The quantitative estimate of drug-likeness (QED) is 0.756. The van der Waals surface area contributed by atoms with Crippen LogP contribution in [0.25, 0.3) is 0 Å². The second-order valence-corrected chi connectivity index (χ2v) is 4.29. The molecule has 1 rings (SSSR count). The highest BCUT2D eigenvalue weighted by molar-refractivity contribution is 7.12. The molecule has 0 bridgehead atoms. The SMILES string of the molecule is CCNC(CC)c1ccc(C)s1. The van der Waals surface area contributed by atoms with E-state index >= 15 is 0 Å². The minimum Gasteiger partial charge on any atom is -0.310 e. The number of rotatable bonds is 4. The highest BCUT2D eigenvalue weighted by atomic mass is 32.1. The second-order valence-electron chi connectivity index (χ2n) is 2.97. The van der Waals surface area contributed by atoms with Gasteiger partial charge in [-0.25, -0.2) is 0 Å². The first-order chi connectivity index (χ1) is 5.77. The molecule has 1 atom stereocenters. The Morgan fingerprint density at radius 1 is 1.42 bits per heavy atom. The van der Waals surface area contributed by atoms with Gasteiger partial charge in [0.2, 0.25) is 0 Å². The Labute approximate surface area is 78.8 Å². The van der Waals surface area contributed by atoms with E-state index < -0.39 is 0 Å². The summed E-state index contributed by atoms with van der Waals surface area (Å²) in [5.74, 6) is 0. The fourth-order valence-electron chi connectivity index (χ4n) is 1.33. The number of hydrogen-bond acceptors (Lipinski definition) is 2.